The van der Waals surface area contributed by atoms with Gasteiger partial charge in [-0.05, 0) is 37.0 Å². The highest BCUT2D eigenvalue weighted by molar-refractivity contribution is 5.99. The highest BCUT2D eigenvalue weighted by atomic mass is 16.4. The number of carboxylic acid groups (broad SMARTS) is 1. The van der Waals surface area contributed by atoms with Crippen molar-refractivity contribution in [2.24, 2.45) is 0 Å². The first kappa shape index (κ1) is 13.0. The van der Waals surface area contributed by atoms with Gasteiger partial charge in [0.05, 0.1) is 0 Å². The molecule has 1 amide bonds. The van der Waals surface area contributed by atoms with Crippen molar-refractivity contribution in [1.82, 2.24) is 5.32 Å². The van der Waals surface area contributed by atoms with Gasteiger partial charge >= 0.3 is 5.97 Å². The largest absolute Gasteiger partial charge is 0.480 e. The molecule has 0 saturated heterocycles. The van der Waals surface area contributed by atoms with Gasteiger partial charge in [0.2, 0.25) is 0 Å². The lowest BCUT2D eigenvalue weighted by molar-refractivity contribution is -0.144. The Morgan fingerprint density at radius 3 is 2.70 bits per heavy atom. The monoisotopic (exact) mass is 274 g/mol. The molecule has 1 fully saturated rings. The number of nitrogens with one attached hydrogen (secondary N) is 2. The third kappa shape index (κ3) is 2.13. The van der Waals surface area contributed by atoms with E-state index in [0.29, 0.717) is 18.4 Å². The molecule has 1 aliphatic carbocycles. The number of amides is 1. The first-order valence-corrected chi connectivity index (χ1v) is 7.03. The molecule has 1 aromatic carbocycles. The molecule has 1 heterocycles. The minimum absolute atomic E-state index is 0.300. The Morgan fingerprint density at radius 2 is 2.00 bits per heavy atom. The second kappa shape index (κ2) is 4.81. The van der Waals surface area contributed by atoms with Crippen LogP contribution in [0.5, 0.6) is 0 Å². The van der Waals surface area contributed by atoms with E-state index in [1.165, 1.54) is 5.56 Å². The topological polar surface area (TPSA) is 78.4 Å². The summed E-state index contributed by atoms with van der Waals surface area (Å²) in [5.74, 6) is -1.23. The van der Waals surface area contributed by atoms with E-state index in [2.05, 4.69) is 10.6 Å². The van der Waals surface area contributed by atoms with Crippen LogP contribution in [0.25, 0.3) is 0 Å². The molecule has 1 saturated carbocycles. The van der Waals surface area contributed by atoms with Crippen LogP contribution in [0.4, 0.5) is 5.69 Å². The predicted octanol–water partition coefficient (Wildman–Crippen LogP) is 1.78. The minimum atomic E-state index is -1.08. The van der Waals surface area contributed by atoms with Gasteiger partial charge in [-0.2, -0.15) is 0 Å². The van der Waals surface area contributed by atoms with Gasteiger partial charge in [0.15, 0.2) is 0 Å². The zero-order chi connectivity index (χ0) is 14.2. The van der Waals surface area contributed by atoms with Crippen LogP contribution < -0.4 is 10.6 Å². The average molecular weight is 274 g/mol. The standard InChI is InChI=1S/C15H18N2O3/c18-13(17-15(14(19)20)6-1-2-7-15)11-4-3-10-5-8-16-12(10)9-11/h3-4,9,16H,1-2,5-8H2,(H,17,18)(H,19,20). The summed E-state index contributed by atoms with van der Waals surface area (Å²) in [4.78, 5) is 23.8. The van der Waals surface area contributed by atoms with E-state index < -0.39 is 11.5 Å². The number of benzene rings is 1. The van der Waals surface area contributed by atoms with E-state index in [-0.39, 0.29) is 5.91 Å². The lowest BCUT2D eigenvalue weighted by atomic mass is 9.97. The molecule has 2 aliphatic rings. The number of hydrogen-bond acceptors (Lipinski definition) is 3. The maximum atomic E-state index is 12.3. The maximum Gasteiger partial charge on any atom is 0.329 e. The van der Waals surface area contributed by atoms with Crippen LogP contribution in [0.2, 0.25) is 0 Å². The van der Waals surface area contributed by atoms with Crippen LogP contribution in [0.1, 0.15) is 41.6 Å². The van der Waals surface area contributed by atoms with Gasteiger partial charge in [-0.25, -0.2) is 4.79 Å². The quantitative estimate of drug-likeness (QED) is 0.785. The Balaban J connectivity index is 1.80. The van der Waals surface area contributed by atoms with Crippen molar-refractivity contribution < 1.29 is 14.7 Å². The molecule has 3 N–H and O–H groups in total. The lowest BCUT2D eigenvalue weighted by Crippen LogP contribution is -2.52. The van der Waals surface area contributed by atoms with Crippen LogP contribution in [-0.4, -0.2) is 29.1 Å². The van der Waals surface area contributed by atoms with Crippen molar-refractivity contribution in [3.05, 3.63) is 29.3 Å². The molecular weight excluding hydrogens is 256 g/mol. The molecule has 5 heteroatoms. The number of carboxylic acids is 1. The first-order valence-electron chi connectivity index (χ1n) is 7.03. The van der Waals surface area contributed by atoms with Gasteiger partial charge in [-0.3, -0.25) is 4.79 Å². The van der Waals surface area contributed by atoms with Gasteiger partial charge in [0.25, 0.3) is 5.91 Å². The van der Waals surface area contributed by atoms with Gasteiger partial charge in [-0.15, -0.1) is 0 Å². The minimum Gasteiger partial charge on any atom is -0.480 e. The van der Waals surface area contributed by atoms with Crippen LogP contribution in [0, 0.1) is 0 Å². The highest BCUT2D eigenvalue weighted by Crippen LogP contribution is 2.30. The molecular formula is C15H18N2O3. The number of rotatable bonds is 3. The van der Waals surface area contributed by atoms with Gasteiger partial charge in [-0.1, -0.05) is 18.9 Å². The lowest BCUT2D eigenvalue weighted by Gasteiger charge is -2.25. The van der Waals surface area contributed by atoms with E-state index in [0.717, 1.165) is 31.5 Å². The number of hydrogen-bond donors (Lipinski definition) is 3. The van der Waals surface area contributed by atoms with E-state index in [4.69, 9.17) is 0 Å². The summed E-state index contributed by atoms with van der Waals surface area (Å²) in [7, 11) is 0. The molecule has 20 heavy (non-hydrogen) atoms. The first-order chi connectivity index (χ1) is 9.61. The van der Waals surface area contributed by atoms with Crippen LogP contribution in [-0.2, 0) is 11.2 Å². The SMILES string of the molecule is O=C(NC1(C(=O)O)CCCC1)c1ccc2c(c1)NCC2. The smallest absolute Gasteiger partial charge is 0.329 e. The Hall–Kier alpha value is -2.04. The molecule has 1 aromatic rings. The number of carbonyl (C=O) groups excluding carboxylic acids is 1. The van der Waals surface area contributed by atoms with Gasteiger partial charge in [0.1, 0.15) is 5.54 Å². The maximum absolute atomic E-state index is 12.3. The normalized spacial score (nSPS) is 19.2. The van der Waals surface area contributed by atoms with E-state index in [9.17, 15) is 14.7 Å². The molecule has 0 bridgehead atoms. The molecule has 0 unspecified atom stereocenters. The van der Waals surface area contributed by atoms with Crippen molar-refractivity contribution in [3.8, 4) is 0 Å². The molecule has 0 radical (unpaired) electrons. The average Bonchev–Trinajstić information content (AvgIpc) is 3.06. The Labute approximate surface area is 117 Å². The van der Waals surface area contributed by atoms with Crippen molar-refractivity contribution in [3.63, 3.8) is 0 Å². The Bertz CT molecular complexity index is 562. The summed E-state index contributed by atoms with van der Waals surface area (Å²) in [5, 5.41) is 15.3. The van der Waals surface area contributed by atoms with Crippen molar-refractivity contribution in [1.29, 1.82) is 0 Å². The second-order valence-corrected chi connectivity index (χ2v) is 5.60. The fraction of sp³-hybridized carbons (Fsp3) is 0.467. The summed E-state index contributed by atoms with van der Waals surface area (Å²) in [6.07, 6.45) is 3.68. The number of aliphatic carboxylic acids is 1. The van der Waals surface area contributed by atoms with E-state index in [1.54, 1.807) is 6.07 Å². The Morgan fingerprint density at radius 1 is 1.25 bits per heavy atom. The Kier molecular flexibility index (Phi) is 3.12. The third-order valence-electron chi connectivity index (χ3n) is 4.30. The molecule has 5 nitrogen and oxygen atoms in total. The summed E-state index contributed by atoms with van der Waals surface area (Å²) in [5.41, 5.74) is 1.62. The highest BCUT2D eigenvalue weighted by Gasteiger charge is 2.42. The molecule has 3 rings (SSSR count). The number of fused-ring (bicyclic) bond motifs is 1. The van der Waals surface area contributed by atoms with Crippen molar-refractivity contribution >= 4 is 17.6 Å². The summed E-state index contributed by atoms with van der Waals surface area (Å²) in [6.45, 7) is 0.888. The summed E-state index contributed by atoms with van der Waals surface area (Å²) >= 11 is 0. The van der Waals surface area contributed by atoms with Gasteiger partial charge < -0.3 is 15.7 Å². The van der Waals surface area contributed by atoms with E-state index in [1.807, 2.05) is 12.1 Å². The fourth-order valence-electron chi connectivity index (χ4n) is 3.09. The molecule has 0 atom stereocenters. The molecule has 0 spiro atoms. The number of carbonyl (C=O) groups is 2. The van der Waals surface area contributed by atoms with Crippen LogP contribution >= 0.6 is 0 Å². The zero-order valence-electron chi connectivity index (χ0n) is 11.2. The third-order valence-corrected chi connectivity index (χ3v) is 4.30. The van der Waals surface area contributed by atoms with Crippen LogP contribution in [0.3, 0.4) is 0 Å². The van der Waals surface area contributed by atoms with Crippen molar-refractivity contribution in [2.45, 2.75) is 37.6 Å². The predicted molar refractivity (Wildman–Crippen MR) is 74.9 cm³/mol. The molecule has 0 aromatic heterocycles. The molecule has 106 valence electrons. The number of anilines is 1. The fourth-order valence-corrected chi connectivity index (χ4v) is 3.09. The zero-order valence-corrected chi connectivity index (χ0v) is 11.2. The van der Waals surface area contributed by atoms with Crippen molar-refractivity contribution in [2.75, 3.05) is 11.9 Å². The van der Waals surface area contributed by atoms with Crippen LogP contribution in [0.15, 0.2) is 18.2 Å². The summed E-state index contributed by atoms with van der Waals surface area (Å²) < 4.78 is 0. The van der Waals surface area contributed by atoms with E-state index >= 15 is 0 Å². The molecule has 1 aliphatic heterocycles. The summed E-state index contributed by atoms with van der Waals surface area (Å²) in [6, 6.07) is 5.51. The van der Waals surface area contributed by atoms with Gasteiger partial charge in [0, 0.05) is 17.8 Å². The second-order valence-electron chi connectivity index (χ2n) is 5.60.